The van der Waals surface area contributed by atoms with Crippen molar-refractivity contribution in [3.05, 3.63) is 94.0 Å². The molecule has 1 unspecified atom stereocenters. The predicted molar refractivity (Wildman–Crippen MR) is 130 cm³/mol. The molecule has 0 saturated carbocycles. The van der Waals surface area contributed by atoms with E-state index in [2.05, 4.69) is 33.4 Å². The van der Waals surface area contributed by atoms with Gasteiger partial charge in [-0.3, -0.25) is 9.10 Å². The Kier molecular flexibility index (Phi) is 6.67. The maximum atomic E-state index is 13.4. The van der Waals surface area contributed by atoms with Gasteiger partial charge in [0, 0.05) is 4.47 Å². The average molecular weight is 513 g/mol. The second-order valence-corrected chi connectivity index (χ2v) is 10.8. The van der Waals surface area contributed by atoms with E-state index in [1.807, 2.05) is 19.1 Å². The third-order valence-corrected chi connectivity index (χ3v) is 8.00. The summed E-state index contributed by atoms with van der Waals surface area (Å²) in [5, 5.41) is 2.97. The van der Waals surface area contributed by atoms with Crippen molar-refractivity contribution >= 4 is 37.5 Å². The lowest BCUT2D eigenvalue weighted by atomic mass is 10.0. The lowest BCUT2D eigenvalue weighted by Crippen LogP contribution is -2.41. The zero-order chi connectivity index (χ0) is 22.7. The molecule has 1 N–H and O–H groups in total. The number of sulfonamides is 1. The van der Waals surface area contributed by atoms with Gasteiger partial charge in [0.2, 0.25) is 5.91 Å². The summed E-state index contributed by atoms with van der Waals surface area (Å²) in [5.74, 6) is -0.363. The van der Waals surface area contributed by atoms with Gasteiger partial charge >= 0.3 is 0 Å². The molecular formula is C25H25BrN2O3S. The number of halogens is 1. The minimum absolute atomic E-state index is 0.138. The monoisotopic (exact) mass is 512 g/mol. The van der Waals surface area contributed by atoms with E-state index in [0.717, 1.165) is 27.2 Å². The fraction of sp³-hybridized carbons (Fsp3) is 0.240. The first-order chi connectivity index (χ1) is 15.3. The van der Waals surface area contributed by atoms with Crippen LogP contribution in [-0.2, 0) is 27.7 Å². The van der Waals surface area contributed by atoms with Crippen LogP contribution < -0.4 is 9.62 Å². The highest BCUT2D eigenvalue weighted by Gasteiger charge is 2.28. The van der Waals surface area contributed by atoms with Crippen LogP contribution in [0.4, 0.5) is 5.69 Å². The van der Waals surface area contributed by atoms with Crippen molar-refractivity contribution in [3.63, 3.8) is 0 Å². The van der Waals surface area contributed by atoms with Crippen molar-refractivity contribution < 1.29 is 13.2 Å². The summed E-state index contributed by atoms with van der Waals surface area (Å²) in [4.78, 5) is 13.1. The smallest absolute Gasteiger partial charge is 0.264 e. The van der Waals surface area contributed by atoms with Crippen molar-refractivity contribution in [2.75, 3.05) is 10.8 Å². The van der Waals surface area contributed by atoms with Gasteiger partial charge in [0.05, 0.1) is 16.6 Å². The van der Waals surface area contributed by atoms with E-state index in [0.29, 0.717) is 5.69 Å². The minimum atomic E-state index is -3.92. The summed E-state index contributed by atoms with van der Waals surface area (Å²) in [5.41, 5.74) is 4.16. The van der Waals surface area contributed by atoms with Crippen molar-refractivity contribution in [2.24, 2.45) is 0 Å². The molecule has 0 aromatic heterocycles. The van der Waals surface area contributed by atoms with Crippen molar-refractivity contribution in [2.45, 2.75) is 37.1 Å². The van der Waals surface area contributed by atoms with Crippen LogP contribution in [0, 0.1) is 0 Å². The predicted octanol–water partition coefficient (Wildman–Crippen LogP) is 5.01. The summed E-state index contributed by atoms with van der Waals surface area (Å²) in [6.45, 7) is 1.60. The normalized spacial score (nSPS) is 13.9. The Balaban J connectivity index is 1.57. The van der Waals surface area contributed by atoms with Gasteiger partial charge in [0.1, 0.15) is 6.54 Å². The molecule has 5 nitrogen and oxygen atoms in total. The number of benzene rings is 3. The highest BCUT2D eigenvalue weighted by atomic mass is 79.9. The second-order valence-electron chi connectivity index (χ2n) is 7.98. The van der Waals surface area contributed by atoms with Gasteiger partial charge < -0.3 is 5.32 Å². The molecule has 32 heavy (non-hydrogen) atoms. The van der Waals surface area contributed by atoms with E-state index in [-0.39, 0.29) is 23.4 Å². The summed E-state index contributed by atoms with van der Waals surface area (Å²) in [7, 11) is -3.92. The number of nitrogens with one attached hydrogen (secondary N) is 1. The van der Waals surface area contributed by atoms with E-state index in [4.69, 9.17) is 0 Å². The maximum absolute atomic E-state index is 13.4. The minimum Gasteiger partial charge on any atom is -0.348 e. The first-order valence-electron chi connectivity index (χ1n) is 10.6. The highest BCUT2D eigenvalue weighted by Crippen LogP contribution is 2.27. The number of amides is 1. The largest absolute Gasteiger partial charge is 0.348 e. The standard InChI is InChI=1S/C25H25BrN2O3S/c1-18(20-14-13-19-7-5-8-21(19)15-20)27-25(29)17-28(23-10-6-9-22(26)16-23)32(30,31)24-11-3-2-4-12-24/h2-4,6,9-16,18H,5,7-8,17H2,1H3,(H,27,29). The van der Waals surface area contributed by atoms with Crippen molar-refractivity contribution in [1.82, 2.24) is 5.32 Å². The van der Waals surface area contributed by atoms with Gasteiger partial charge in [-0.15, -0.1) is 0 Å². The van der Waals surface area contributed by atoms with E-state index in [1.54, 1.807) is 36.4 Å². The molecule has 0 bridgehead atoms. The molecule has 1 atom stereocenters. The summed E-state index contributed by atoms with van der Waals surface area (Å²) in [6.07, 6.45) is 3.34. The Labute approximate surface area is 197 Å². The first-order valence-corrected chi connectivity index (χ1v) is 12.8. The van der Waals surface area contributed by atoms with Crippen LogP contribution in [0.2, 0.25) is 0 Å². The lowest BCUT2D eigenvalue weighted by molar-refractivity contribution is -0.120. The van der Waals surface area contributed by atoms with Gasteiger partial charge in [-0.1, -0.05) is 58.4 Å². The molecule has 0 spiro atoms. The molecule has 166 valence electrons. The molecule has 0 fully saturated rings. The van der Waals surface area contributed by atoms with Crippen LogP contribution in [0.1, 0.15) is 36.1 Å². The molecule has 1 amide bonds. The topological polar surface area (TPSA) is 66.5 Å². The number of carbonyl (C=O) groups is 1. The summed E-state index contributed by atoms with van der Waals surface area (Å²) in [6, 6.07) is 21.2. The van der Waals surface area contributed by atoms with E-state index in [1.165, 1.54) is 29.7 Å². The van der Waals surface area contributed by atoms with Crippen LogP contribution in [0.3, 0.4) is 0 Å². The maximum Gasteiger partial charge on any atom is 0.264 e. The van der Waals surface area contributed by atoms with E-state index < -0.39 is 10.0 Å². The van der Waals surface area contributed by atoms with Crippen molar-refractivity contribution in [1.29, 1.82) is 0 Å². The Morgan fingerprint density at radius 1 is 1.00 bits per heavy atom. The fourth-order valence-electron chi connectivity index (χ4n) is 4.03. The van der Waals surface area contributed by atoms with Gasteiger partial charge in [-0.25, -0.2) is 8.42 Å². The van der Waals surface area contributed by atoms with E-state index in [9.17, 15) is 13.2 Å². The molecule has 1 aliphatic rings. The molecule has 1 aliphatic carbocycles. The zero-order valence-electron chi connectivity index (χ0n) is 17.8. The molecule has 3 aromatic carbocycles. The van der Waals surface area contributed by atoms with Crippen LogP contribution in [-0.4, -0.2) is 20.9 Å². The molecule has 7 heteroatoms. The summed E-state index contributed by atoms with van der Waals surface area (Å²) >= 11 is 3.39. The first kappa shape index (κ1) is 22.6. The molecule has 0 aliphatic heterocycles. The van der Waals surface area contributed by atoms with Gasteiger partial charge in [0.25, 0.3) is 10.0 Å². The Morgan fingerprint density at radius 3 is 2.50 bits per heavy atom. The van der Waals surface area contributed by atoms with Gasteiger partial charge in [0.15, 0.2) is 0 Å². The lowest BCUT2D eigenvalue weighted by Gasteiger charge is -2.25. The van der Waals surface area contributed by atoms with Crippen LogP contribution in [0.15, 0.2) is 82.2 Å². The number of fused-ring (bicyclic) bond motifs is 1. The van der Waals surface area contributed by atoms with E-state index >= 15 is 0 Å². The van der Waals surface area contributed by atoms with Crippen molar-refractivity contribution in [3.8, 4) is 0 Å². The van der Waals surface area contributed by atoms with Gasteiger partial charge in [-0.05, 0) is 73.2 Å². The summed E-state index contributed by atoms with van der Waals surface area (Å²) < 4.78 is 28.7. The zero-order valence-corrected chi connectivity index (χ0v) is 20.2. The molecule has 0 saturated heterocycles. The molecule has 3 aromatic rings. The average Bonchev–Trinajstić information content (AvgIpc) is 3.26. The SMILES string of the molecule is CC(NC(=O)CN(c1cccc(Br)c1)S(=O)(=O)c1ccccc1)c1ccc2c(c1)CCC2. The quantitative estimate of drug-likeness (QED) is 0.483. The molecule has 0 heterocycles. The Morgan fingerprint density at radius 2 is 1.75 bits per heavy atom. The number of aryl methyl sites for hydroxylation is 2. The Hall–Kier alpha value is -2.64. The third-order valence-electron chi connectivity index (χ3n) is 5.71. The number of hydrogen-bond donors (Lipinski definition) is 1. The molecule has 0 radical (unpaired) electrons. The fourth-order valence-corrected chi connectivity index (χ4v) is 5.85. The number of nitrogens with zero attached hydrogens (tertiary/aromatic N) is 1. The van der Waals surface area contributed by atoms with Crippen LogP contribution >= 0.6 is 15.9 Å². The van der Waals surface area contributed by atoms with Gasteiger partial charge in [-0.2, -0.15) is 0 Å². The molecular weight excluding hydrogens is 488 g/mol. The number of carbonyl (C=O) groups excluding carboxylic acids is 1. The molecule has 4 rings (SSSR count). The third kappa shape index (κ3) is 4.89. The second kappa shape index (κ2) is 9.46. The van der Waals surface area contributed by atoms with Crippen LogP contribution in [0.25, 0.3) is 0 Å². The number of anilines is 1. The number of hydrogen-bond acceptors (Lipinski definition) is 3. The highest BCUT2D eigenvalue weighted by molar-refractivity contribution is 9.10. The Bertz CT molecular complexity index is 1230. The number of rotatable bonds is 7. The van der Waals surface area contributed by atoms with Crippen LogP contribution in [0.5, 0.6) is 0 Å².